The second-order valence-corrected chi connectivity index (χ2v) is 4.95. The highest BCUT2D eigenvalue weighted by atomic mass is 16.5. The van der Waals surface area contributed by atoms with E-state index in [0.717, 1.165) is 30.0 Å². The number of carbonyl (C=O) groups excluding carboxylic acids is 1. The summed E-state index contributed by atoms with van der Waals surface area (Å²) >= 11 is 0. The molecule has 0 radical (unpaired) electrons. The number of benzene rings is 1. The van der Waals surface area contributed by atoms with Gasteiger partial charge in [0.05, 0.1) is 7.11 Å². The molecule has 0 aliphatic carbocycles. The van der Waals surface area contributed by atoms with Crippen LogP contribution >= 0.6 is 0 Å². The van der Waals surface area contributed by atoms with Crippen molar-refractivity contribution in [3.8, 4) is 5.75 Å². The van der Waals surface area contributed by atoms with E-state index in [4.69, 9.17) is 4.74 Å². The average molecular weight is 249 g/mol. The van der Waals surface area contributed by atoms with Gasteiger partial charge >= 0.3 is 0 Å². The molecule has 3 heteroatoms. The smallest absolute Gasteiger partial charge is 0.131 e. The number of methoxy groups -OCH3 is 1. The van der Waals surface area contributed by atoms with Crippen LogP contribution in [-0.4, -0.2) is 31.4 Å². The maximum atomic E-state index is 10.9. The maximum Gasteiger partial charge on any atom is 0.131 e. The van der Waals surface area contributed by atoms with Crippen LogP contribution in [0.2, 0.25) is 0 Å². The molecule has 0 bridgehead atoms. The molecule has 100 valence electrons. The molecule has 1 aromatic carbocycles. The summed E-state index contributed by atoms with van der Waals surface area (Å²) in [5, 5.41) is 0. The second-order valence-electron chi connectivity index (χ2n) is 4.95. The minimum absolute atomic E-state index is 0.240. The van der Waals surface area contributed by atoms with Crippen LogP contribution in [0.1, 0.15) is 30.0 Å². The van der Waals surface area contributed by atoms with E-state index in [9.17, 15) is 4.79 Å². The Morgan fingerprint density at radius 3 is 2.28 bits per heavy atom. The lowest BCUT2D eigenvalue weighted by Gasteiger charge is -2.18. The summed E-state index contributed by atoms with van der Waals surface area (Å²) in [4.78, 5) is 13.1. The molecule has 1 aromatic rings. The van der Waals surface area contributed by atoms with Gasteiger partial charge in [0.25, 0.3) is 0 Å². The van der Waals surface area contributed by atoms with E-state index in [1.54, 1.807) is 14.0 Å². The fourth-order valence-corrected chi connectivity index (χ4v) is 2.19. The Morgan fingerprint density at radius 2 is 1.83 bits per heavy atom. The molecule has 0 N–H and O–H groups in total. The van der Waals surface area contributed by atoms with Gasteiger partial charge in [-0.2, -0.15) is 0 Å². The SMILES string of the molecule is COc1c(C)cc(CN(C)CCC(C)=O)cc1C. The minimum Gasteiger partial charge on any atom is -0.496 e. The van der Waals surface area contributed by atoms with Gasteiger partial charge in [0, 0.05) is 19.5 Å². The third-order valence-electron chi connectivity index (χ3n) is 3.02. The minimum atomic E-state index is 0.240. The number of ketones is 1. The monoisotopic (exact) mass is 249 g/mol. The summed E-state index contributed by atoms with van der Waals surface area (Å²) in [5.74, 6) is 1.20. The van der Waals surface area contributed by atoms with Gasteiger partial charge in [-0.25, -0.2) is 0 Å². The zero-order valence-electron chi connectivity index (χ0n) is 12.0. The Morgan fingerprint density at radius 1 is 1.28 bits per heavy atom. The molecule has 0 aliphatic heterocycles. The molecule has 0 aliphatic rings. The molecule has 3 nitrogen and oxygen atoms in total. The number of hydrogen-bond donors (Lipinski definition) is 0. The van der Waals surface area contributed by atoms with Gasteiger partial charge in [-0.1, -0.05) is 12.1 Å². The predicted molar refractivity (Wildman–Crippen MR) is 74.1 cm³/mol. The number of rotatable bonds is 6. The summed E-state index contributed by atoms with van der Waals surface area (Å²) in [6.07, 6.45) is 0.616. The first-order chi connectivity index (χ1) is 8.43. The van der Waals surface area contributed by atoms with Crippen molar-refractivity contribution in [1.82, 2.24) is 4.90 Å². The lowest BCUT2D eigenvalue weighted by Crippen LogP contribution is -2.20. The number of hydrogen-bond acceptors (Lipinski definition) is 3. The number of carbonyl (C=O) groups is 1. The van der Waals surface area contributed by atoms with Gasteiger partial charge in [-0.15, -0.1) is 0 Å². The highest BCUT2D eigenvalue weighted by Crippen LogP contribution is 2.24. The van der Waals surface area contributed by atoms with Crippen molar-refractivity contribution in [1.29, 1.82) is 0 Å². The Bertz CT molecular complexity index is 403. The largest absolute Gasteiger partial charge is 0.496 e. The van der Waals surface area contributed by atoms with Gasteiger partial charge in [0.2, 0.25) is 0 Å². The molecular formula is C15H23NO2. The van der Waals surface area contributed by atoms with Gasteiger partial charge in [0.15, 0.2) is 0 Å². The van der Waals surface area contributed by atoms with Crippen molar-refractivity contribution in [2.75, 3.05) is 20.7 Å². The highest BCUT2D eigenvalue weighted by Gasteiger charge is 2.07. The fourth-order valence-electron chi connectivity index (χ4n) is 2.19. The van der Waals surface area contributed by atoms with E-state index < -0.39 is 0 Å². The highest BCUT2D eigenvalue weighted by molar-refractivity contribution is 5.75. The molecule has 0 atom stereocenters. The van der Waals surface area contributed by atoms with Crippen molar-refractivity contribution in [3.05, 3.63) is 28.8 Å². The zero-order chi connectivity index (χ0) is 13.7. The van der Waals surface area contributed by atoms with Crippen molar-refractivity contribution in [3.63, 3.8) is 0 Å². The molecular weight excluding hydrogens is 226 g/mol. The third kappa shape index (κ3) is 4.15. The molecule has 1 rings (SSSR count). The topological polar surface area (TPSA) is 29.5 Å². The normalized spacial score (nSPS) is 10.8. The summed E-state index contributed by atoms with van der Waals surface area (Å²) in [7, 11) is 3.74. The second kappa shape index (κ2) is 6.55. The standard InChI is InChI=1S/C15H23NO2/c1-11-8-14(9-12(2)15(11)18-5)10-16(4)7-6-13(3)17/h8-9H,6-7,10H2,1-5H3. The Kier molecular flexibility index (Phi) is 5.35. The first kappa shape index (κ1) is 14.7. The lowest BCUT2D eigenvalue weighted by molar-refractivity contribution is -0.117. The van der Waals surface area contributed by atoms with Crippen LogP contribution in [-0.2, 0) is 11.3 Å². The number of Topliss-reactive ketones (excluding diaryl/α,β-unsaturated/α-hetero) is 1. The third-order valence-corrected chi connectivity index (χ3v) is 3.02. The van der Waals surface area contributed by atoms with Crippen LogP contribution in [0.15, 0.2) is 12.1 Å². The van der Waals surface area contributed by atoms with Crippen molar-refractivity contribution >= 4 is 5.78 Å². The van der Waals surface area contributed by atoms with Crippen LogP contribution in [0, 0.1) is 13.8 Å². The van der Waals surface area contributed by atoms with E-state index in [-0.39, 0.29) is 5.78 Å². The molecule has 0 saturated heterocycles. The van der Waals surface area contributed by atoms with Crippen molar-refractivity contribution < 1.29 is 9.53 Å². The summed E-state index contributed by atoms with van der Waals surface area (Å²) < 4.78 is 5.36. The molecule has 18 heavy (non-hydrogen) atoms. The van der Waals surface area contributed by atoms with Crippen molar-refractivity contribution in [2.45, 2.75) is 33.7 Å². The van der Waals surface area contributed by atoms with Crippen LogP contribution in [0.3, 0.4) is 0 Å². The van der Waals surface area contributed by atoms with E-state index >= 15 is 0 Å². The Hall–Kier alpha value is -1.35. The van der Waals surface area contributed by atoms with Crippen LogP contribution in [0.5, 0.6) is 5.75 Å². The van der Waals surface area contributed by atoms with E-state index in [0.29, 0.717) is 6.42 Å². The predicted octanol–water partition coefficient (Wildman–Crippen LogP) is 2.72. The summed E-state index contributed by atoms with van der Waals surface area (Å²) in [6, 6.07) is 4.30. The van der Waals surface area contributed by atoms with Gasteiger partial charge in [0.1, 0.15) is 11.5 Å². The van der Waals surface area contributed by atoms with E-state index in [1.165, 1.54) is 5.56 Å². The van der Waals surface area contributed by atoms with Crippen LogP contribution in [0.25, 0.3) is 0 Å². The Balaban J connectivity index is 2.70. The molecule has 0 unspecified atom stereocenters. The van der Waals surface area contributed by atoms with E-state index in [1.807, 2.05) is 7.05 Å². The van der Waals surface area contributed by atoms with Gasteiger partial charge < -0.3 is 9.64 Å². The molecule has 0 amide bonds. The molecule has 0 aromatic heterocycles. The number of nitrogens with zero attached hydrogens (tertiary/aromatic N) is 1. The first-order valence-corrected chi connectivity index (χ1v) is 6.26. The summed E-state index contributed by atoms with van der Waals surface area (Å²) in [6.45, 7) is 7.42. The quantitative estimate of drug-likeness (QED) is 0.776. The van der Waals surface area contributed by atoms with Crippen LogP contribution < -0.4 is 4.74 Å². The van der Waals surface area contributed by atoms with Gasteiger partial charge in [-0.05, 0) is 44.5 Å². The molecule has 0 spiro atoms. The lowest BCUT2D eigenvalue weighted by atomic mass is 10.1. The number of aryl methyl sites for hydroxylation is 2. The Labute approximate surface area is 110 Å². The fraction of sp³-hybridized carbons (Fsp3) is 0.533. The molecule has 0 heterocycles. The number of ether oxygens (including phenoxy) is 1. The van der Waals surface area contributed by atoms with E-state index in [2.05, 4.69) is 30.9 Å². The van der Waals surface area contributed by atoms with Gasteiger partial charge in [-0.3, -0.25) is 4.79 Å². The summed E-state index contributed by atoms with van der Waals surface area (Å²) in [5.41, 5.74) is 3.58. The first-order valence-electron chi connectivity index (χ1n) is 6.26. The average Bonchev–Trinajstić information content (AvgIpc) is 2.26. The zero-order valence-corrected chi connectivity index (χ0v) is 12.0. The maximum absolute atomic E-state index is 10.9. The van der Waals surface area contributed by atoms with Crippen LogP contribution in [0.4, 0.5) is 0 Å². The molecule has 0 fully saturated rings. The van der Waals surface area contributed by atoms with Crippen molar-refractivity contribution in [2.24, 2.45) is 0 Å². The molecule has 0 saturated carbocycles.